The lowest BCUT2D eigenvalue weighted by molar-refractivity contribution is 0.0587. The molecule has 3 heterocycles. The van der Waals surface area contributed by atoms with E-state index in [1.165, 1.54) is 5.56 Å². The van der Waals surface area contributed by atoms with Gasteiger partial charge in [0.2, 0.25) is 5.88 Å². The van der Waals surface area contributed by atoms with Gasteiger partial charge in [0.1, 0.15) is 11.9 Å². The summed E-state index contributed by atoms with van der Waals surface area (Å²) in [6, 6.07) is 13.6. The highest BCUT2D eigenvalue weighted by atomic mass is 32.1. The summed E-state index contributed by atoms with van der Waals surface area (Å²) in [4.78, 5) is 18.9. The van der Waals surface area contributed by atoms with E-state index < -0.39 is 0 Å². The van der Waals surface area contributed by atoms with Crippen molar-refractivity contribution in [2.75, 3.05) is 20.2 Å². The number of piperidine rings is 1. The second-order valence-corrected chi connectivity index (χ2v) is 7.52. The lowest BCUT2D eigenvalue weighted by Gasteiger charge is -2.32. The fraction of sp³-hybridized carbons (Fsp3) is 0.273. The van der Waals surface area contributed by atoms with Crippen LogP contribution in [0.25, 0.3) is 11.1 Å². The molecule has 4 rings (SSSR count). The van der Waals surface area contributed by atoms with Crippen LogP contribution in [0.3, 0.4) is 0 Å². The molecule has 1 saturated heterocycles. The lowest BCUT2D eigenvalue weighted by Crippen LogP contribution is -2.41. The minimum Gasteiger partial charge on any atom is -0.495 e. The van der Waals surface area contributed by atoms with Gasteiger partial charge >= 0.3 is 0 Å². The molecule has 0 radical (unpaired) electrons. The quantitative estimate of drug-likeness (QED) is 0.639. The topological polar surface area (TPSA) is 51.7 Å². The second kappa shape index (κ2) is 8.44. The van der Waals surface area contributed by atoms with Crippen LogP contribution in [0.4, 0.5) is 0 Å². The van der Waals surface area contributed by atoms with Crippen LogP contribution in [0.1, 0.15) is 23.2 Å². The number of benzene rings is 1. The van der Waals surface area contributed by atoms with E-state index in [1.807, 2.05) is 41.3 Å². The Morgan fingerprint density at radius 3 is 2.46 bits per heavy atom. The highest BCUT2D eigenvalue weighted by Crippen LogP contribution is 2.24. The number of likely N-dealkylation sites (tertiary alicyclic amines) is 1. The molecule has 1 aromatic carbocycles. The number of nitrogens with zero attached hydrogens (tertiary/aromatic N) is 2. The van der Waals surface area contributed by atoms with Gasteiger partial charge in [-0.2, -0.15) is 11.3 Å². The first-order chi connectivity index (χ1) is 13.7. The molecule has 144 valence electrons. The van der Waals surface area contributed by atoms with Crippen molar-refractivity contribution in [3.63, 3.8) is 0 Å². The molecule has 0 aliphatic carbocycles. The van der Waals surface area contributed by atoms with E-state index in [4.69, 9.17) is 9.47 Å². The van der Waals surface area contributed by atoms with E-state index in [0.29, 0.717) is 24.7 Å². The van der Waals surface area contributed by atoms with Gasteiger partial charge in [0.05, 0.1) is 13.3 Å². The minimum atomic E-state index is 0.0749. The molecular formula is C22H22N2O3S. The average molecular weight is 394 g/mol. The van der Waals surface area contributed by atoms with Crippen molar-refractivity contribution in [2.24, 2.45) is 0 Å². The number of thiophene rings is 1. The van der Waals surface area contributed by atoms with Crippen LogP contribution in [-0.2, 0) is 0 Å². The molecular weight excluding hydrogens is 372 g/mol. The van der Waals surface area contributed by atoms with Gasteiger partial charge < -0.3 is 14.4 Å². The third-order valence-electron chi connectivity index (χ3n) is 4.95. The van der Waals surface area contributed by atoms with Crippen molar-refractivity contribution in [1.82, 2.24) is 9.88 Å². The largest absolute Gasteiger partial charge is 0.495 e. The Kier molecular flexibility index (Phi) is 5.58. The van der Waals surface area contributed by atoms with Crippen LogP contribution in [-0.4, -0.2) is 42.1 Å². The smallest absolute Gasteiger partial charge is 0.253 e. The third kappa shape index (κ3) is 4.17. The summed E-state index contributed by atoms with van der Waals surface area (Å²) in [5.41, 5.74) is 3.06. The second-order valence-electron chi connectivity index (χ2n) is 6.74. The van der Waals surface area contributed by atoms with Crippen molar-refractivity contribution in [1.29, 1.82) is 0 Å². The number of carbonyl (C=O) groups is 1. The zero-order valence-corrected chi connectivity index (χ0v) is 16.5. The van der Waals surface area contributed by atoms with E-state index in [2.05, 4.69) is 21.8 Å². The van der Waals surface area contributed by atoms with E-state index in [0.717, 1.165) is 24.0 Å². The normalized spacial score (nSPS) is 14.7. The first-order valence-electron chi connectivity index (χ1n) is 9.31. The molecule has 1 aliphatic heterocycles. The Balaban J connectivity index is 1.32. The molecule has 1 amide bonds. The highest BCUT2D eigenvalue weighted by Gasteiger charge is 2.25. The summed E-state index contributed by atoms with van der Waals surface area (Å²) in [5.74, 6) is 1.38. The fourth-order valence-corrected chi connectivity index (χ4v) is 3.99. The standard InChI is InChI=1S/C22H22N2O3S/c1-26-20-6-7-21(23-14-20)27-19-8-11-24(12-9-19)22(25)17-4-2-16(3-5-17)18-10-13-28-15-18/h2-7,10,13-15,19H,8-9,11-12H2,1H3. The predicted molar refractivity (Wildman–Crippen MR) is 110 cm³/mol. The highest BCUT2D eigenvalue weighted by molar-refractivity contribution is 7.08. The number of hydrogen-bond acceptors (Lipinski definition) is 5. The zero-order valence-electron chi connectivity index (χ0n) is 15.7. The maximum Gasteiger partial charge on any atom is 0.253 e. The van der Waals surface area contributed by atoms with Crippen LogP contribution in [0.5, 0.6) is 11.6 Å². The van der Waals surface area contributed by atoms with Crippen molar-refractivity contribution < 1.29 is 14.3 Å². The molecule has 3 aromatic rings. The van der Waals surface area contributed by atoms with Gasteiger partial charge in [-0.3, -0.25) is 4.79 Å². The van der Waals surface area contributed by atoms with Crippen molar-refractivity contribution in [2.45, 2.75) is 18.9 Å². The molecule has 0 spiro atoms. The van der Waals surface area contributed by atoms with Crippen LogP contribution >= 0.6 is 11.3 Å². The van der Waals surface area contributed by atoms with Gasteiger partial charge in [0.25, 0.3) is 5.91 Å². The number of aromatic nitrogens is 1. The average Bonchev–Trinajstić information content (AvgIpc) is 3.29. The van der Waals surface area contributed by atoms with E-state index in [9.17, 15) is 4.79 Å². The summed E-state index contributed by atoms with van der Waals surface area (Å²) in [7, 11) is 1.61. The van der Waals surface area contributed by atoms with E-state index >= 15 is 0 Å². The van der Waals surface area contributed by atoms with Gasteiger partial charge in [-0.05, 0) is 46.2 Å². The van der Waals surface area contributed by atoms with E-state index in [1.54, 1.807) is 24.6 Å². The third-order valence-corrected chi connectivity index (χ3v) is 5.63. The maximum atomic E-state index is 12.8. The van der Waals surface area contributed by atoms with E-state index in [-0.39, 0.29) is 12.0 Å². The maximum absolute atomic E-state index is 12.8. The van der Waals surface area contributed by atoms with Crippen molar-refractivity contribution >= 4 is 17.2 Å². The molecule has 1 aliphatic rings. The number of methoxy groups -OCH3 is 1. The minimum absolute atomic E-state index is 0.0749. The van der Waals surface area contributed by atoms with Gasteiger partial charge in [0.15, 0.2) is 0 Å². The predicted octanol–water partition coefficient (Wildman–Crippen LogP) is 4.50. The molecule has 6 heteroatoms. The molecule has 0 unspecified atom stereocenters. The Morgan fingerprint density at radius 2 is 1.86 bits per heavy atom. The molecule has 2 aromatic heterocycles. The Bertz CT molecular complexity index is 900. The molecule has 5 nitrogen and oxygen atoms in total. The number of carbonyl (C=O) groups excluding carboxylic acids is 1. The van der Waals surface area contributed by atoms with Crippen LogP contribution in [0, 0.1) is 0 Å². The Labute approximate surface area is 168 Å². The molecule has 28 heavy (non-hydrogen) atoms. The first kappa shape index (κ1) is 18.5. The SMILES string of the molecule is COc1ccc(OC2CCN(C(=O)c3ccc(-c4ccsc4)cc3)CC2)nc1. The number of amides is 1. The Morgan fingerprint density at radius 1 is 1.07 bits per heavy atom. The lowest BCUT2D eigenvalue weighted by atomic mass is 10.0. The van der Waals surface area contributed by atoms with Crippen LogP contribution < -0.4 is 9.47 Å². The van der Waals surface area contributed by atoms with Gasteiger partial charge in [-0.25, -0.2) is 4.98 Å². The molecule has 0 bridgehead atoms. The monoisotopic (exact) mass is 394 g/mol. The summed E-state index contributed by atoms with van der Waals surface area (Å²) < 4.78 is 11.1. The summed E-state index contributed by atoms with van der Waals surface area (Å²) in [5, 5.41) is 4.17. The fourth-order valence-electron chi connectivity index (χ4n) is 3.32. The summed E-state index contributed by atoms with van der Waals surface area (Å²) >= 11 is 1.67. The number of rotatable bonds is 5. The first-order valence-corrected chi connectivity index (χ1v) is 10.3. The van der Waals surface area contributed by atoms with Crippen molar-refractivity contribution in [3.05, 3.63) is 65.0 Å². The van der Waals surface area contributed by atoms with Crippen LogP contribution in [0.15, 0.2) is 59.4 Å². The molecule has 1 fully saturated rings. The Hall–Kier alpha value is -2.86. The molecule has 0 saturated carbocycles. The van der Waals surface area contributed by atoms with Gasteiger partial charge in [-0.15, -0.1) is 0 Å². The number of pyridine rings is 1. The summed E-state index contributed by atoms with van der Waals surface area (Å²) in [6.07, 6.45) is 3.32. The van der Waals surface area contributed by atoms with Crippen LogP contribution in [0.2, 0.25) is 0 Å². The number of hydrogen-bond donors (Lipinski definition) is 0. The molecule has 0 atom stereocenters. The van der Waals surface area contributed by atoms with Gasteiger partial charge in [0, 0.05) is 37.6 Å². The van der Waals surface area contributed by atoms with Gasteiger partial charge in [-0.1, -0.05) is 12.1 Å². The molecule has 0 N–H and O–H groups in total. The van der Waals surface area contributed by atoms with Crippen molar-refractivity contribution in [3.8, 4) is 22.8 Å². The zero-order chi connectivity index (χ0) is 19.3. The summed E-state index contributed by atoms with van der Waals surface area (Å²) in [6.45, 7) is 1.37. The number of ether oxygens (including phenoxy) is 2.